The van der Waals surface area contributed by atoms with Crippen LogP contribution in [0.2, 0.25) is 0 Å². The average molecular weight is 320 g/mol. The fourth-order valence-corrected chi connectivity index (χ4v) is 3.02. The molecule has 1 amide bonds. The van der Waals surface area contributed by atoms with Crippen LogP contribution in [0, 0.1) is 12.2 Å². The summed E-state index contributed by atoms with van der Waals surface area (Å²) in [6, 6.07) is 6.32. The second kappa shape index (κ2) is 8.77. The molecule has 1 saturated heterocycles. The summed E-state index contributed by atoms with van der Waals surface area (Å²) in [6.45, 7) is 0.571. The van der Waals surface area contributed by atoms with Crippen molar-refractivity contribution in [3.8, 4) is 0 Å². The minimum Gasteiger partial charge on any atom is -0.393 e. The van der Waals surface area contributed by atoms with Gasteiger partial charge >= 0.3 is 0 Å². The molecular formula is C18H23FNO3. The van der Waals surface area contributed by atoms with Crippen LogP contribution >= 0.6 is 0 Å². The number of unbranched alkanes of at least 4 members (excludes halogenated alkanes) is 2. The number of aldehydes is 1. The molecule has 0 spiro atoms. The topological polar surface area (TPSA) is 57.6 Å². The highest BCUT2D eigenvalue weighted by molar-refractivity contribution is 5.77. The van der Waals surface area contributed by atoms with Crippen LogP contribution < -0.4 is 0 Å². The Morgan fingerprint density at radius 2 is 2.00 bits per heavy atom. The predicted octanol–water partition coefficient (Wildman–Crippen LogP) is 2.29. The third kappa shape index (κ3) is 5.43. The van der Waals surface area contributed by atoms with Crippen LogP contribution in [0.3, 0.4) is 0 Å². The molecule has 1 aromatic carbocycles. The summed E-state index contributed by atoms with van der Waals surface area (Å²) in [5, 5.41) is 9.86. The van der Waals surface area contributed by atoms with Gasteiger partial charge in [-0.1, -0.05) is 12.1 Å². The molecule has 1 aliphatic rings. The number of aliphatic hydroxyl groups is 1. The molecule has 1 aliphatic heterocycles. The lowest BCUT2D eigenvalue weighted by Gasteiger charge is -2.30. The lowest BCUT2D eigenvalue weighted by molar-refractivity contribution is -0.134. The second-order valence-electron chi connectivity index (χ2n) is 6.02. The van der Waals surface area contributed by atoms with Crippen molar-refractivity contribution in [2.24, 2.45) is 0 Å². The van der Waals surface area contributed by atoms with E-state index in [2.05, 4.69) is 0 Å². The summed E-state index contributed by atoms with van der Waals surface area (Å²) < 4.78 is 13.0. The SMILES string of the molecule is O=C[CH]CCCN1C(=O)CC(O)CCC1Cc1ccc(F)cc1. The Labute approximate surface area is 136 Å². The highest BCUT2D eigenvalue weighted by Crippen LogP contribution is 2.22. The van der Waals surface area contributed by atoms with Crippen molar-refractivity contribution in [3.63, 3.8) is 0 Å². The first-order valence-electron chi connectivity index (χ1n) is 8.09. The Kier molecular flexibility index (Phi) is 6.71. The van der Waals surface area contributed by atoms with E-state index in [0.717, 1.165) is 24.7 Å². The molecule has 23 heavy (non-hydrogen) atoms. The fraction of sp³-hybridized carbons (Fsp3) is 0.500. The van der Waals surface area contributed by atoms with Gasteiger partial charge in [-0.3, -0.25) is 4.79 Å². The minimum atomic E-state index is -0.593. The van der Waals surface area contributed by atoms with Crippen molar-refractivity contribution in [1.82, 2.24) is 4.90 Å². The van der Waals surface area contributed by atoms with E-state index in [0.29, 0.717) is 25.8 Å². The van der Waals surface area contributed by atoms with Crippen LogP contribution in [0.15, 0.2) is 24.3 Å². The molecule has 1 fully saturated rings. The summed E-state index contributed by atoms with van der Waals surface area (Å²) in [5.41, 5.74) is 0.977. The predicted molar refractivity (Wildman–Crippen MR) is 85.1 cm³/mol. The highest BCUT2D eigenvalue weighted by Gasteiger charge is 2.29. The first kappa shape index (κ1) is 17.6. The summed E-state index contributed by atoms with van der Waals surface area (Å²) >= 11 is 0. The molecule has 1 heterocycles. The summed E-state index contributed by atoms with van der Waals surface area (Å²) in [5.74, 6) is -0.324. The molecule has 0 saturated carbocycles. The minimum absolute atomic E-state index is 0.00124. The standard InChI is InChI=1S/C18H23FNO3/c19-15-6-4-14(5-7-15)12-16-8-9-17(22)13-18(23)20(16)10-2-1-3-11-21/h3-7,11,16-17,22H,1-2,8-10,12-13H2. The maximum Gasteiger partial charge on any atom is 0.225 e. The number of nitrogens with zero attached hydrogens (tertiary/aromatic N) is 1. The van der Waals surface area contributed by atoms with E-state index >= 15 is 0 Å². The Hall–Kier alpha value is -1.75. The lowest BCUT2D eigenvalue weighted by atomic mass is 10.00. The van der Waals surface area contributed by atoms with E-state index in [1.54, 1.807) is 18.6 Å². The zero-order chi connectivity index (χ0) is 16.7. The Morgan fingerprint density at radius 1 is 1.26 bits per heavy atom. The maximum absolute atomic E-state index is 13.0. The van der Waals surface area contributed by atoms with E-state index in [1.807, 2.05) is 4.90 Å². The largest absolute Gasteiger partial charge is 0.393 e. The third-order valence-electron chi connectivity index (χ3n) is 4.26. The van der Waals surface area contributed by atoms with Gasteiger partial charge in [-0.05, 0) is 49.8 Å². The van der Waals surface area contributed by atoms with Crippen molar-refractivity contribution in [2.75, 3.05) is 6.54 Å². The Balaban J connectivity index is 2.05. The van der Waals surface area contributed by atoms with Gasteiger partial charge in [0.05, 0.1) is 12.5 Å². The fourth-order valence-electron chi connectivity index (χ4n) is 3.02. The summed E-state index contributed by atoms with van der Waals surface area (Å²) in [4.78, 5) is 24.5. The first-order chi connectivity index (χ1) is 11.1. The van der Waals surface area contributed by atoms with E-state index in [-0.39, 0.29) is 24.2 Å². The second-order valence-corrected chi connectivity index (χ2v) is 6.02. The number of carbonyl (C=O) groups is 2. The molecule has 0 aromatic heterocycles. The maximum atomic E-state index is 13.0. The molecule has 1 radical (unpaired) electrons. The van der Waals surface area contributed by atoms with Gasteiger partial charge in [-0.15, -0.1) is 0 Å². The number of amides is 1. The van der Waals surface area contributed by atoms with Gasteiger partial charge < -0.3 is 14.8 Å². The molecule has 1 aromatic rings. The van der Waals surface area contributed by atoms with E-state index in [4.69, 9.17) is 0 Å². The van der Waals surface area contributed by atoms with Crippen molar-refractivity contribution < 1.29 is 19.1 Å². The number of likely N-dealkylation sites (tertiary alicyclic amines) is 1. The molecule has 2 atom stereocenters. The van der Waals surface area contributed by atoms with Crippen LogP contribution in [-0.4, -0.2) is 40.9 Å². The van der Waals surface area contributed by atoms with E-state index < -0.39 is 6.10 Å². The van der Waals surface area contributed by atoms with Gasteiger partial charge in [-0.25, -0.2) is 4.39 Å². The third-order valence-corrected chi connectivity index (χ3v) is 4.26. The number of hydrogen-bond acceptors (Lipinski definition) is 3. The van der Waals surface area contributed by atoms with Gasteiger partial charge in [0.1, 0.15) is 12.1 Å². The van der Waals surface area contributed by atoms with Crippen molar-refractivity contribution in [2.45, 2.75) is 50.7 Å². The lowest BCUT2D eigenvalue weighted by Crippen LogP contribution is -2.41. The van der Waals surface area contributed by atoms with Crippen LogP contribution in [0.25, 0.3) is 0 Å². The van der Waals surface area contributed by atoms with Crippen molar-refractivity contribution >= 4 is 12.2 Å². The number of rotatable bonds is 7. The van der Waals surface area contributed by atoms with Crippen LogP contribution in [0.4, 0.5) is 4.39 Å². The van der Waals surface area contributed by atoms with E-state index in [9.17, 15) is 19.1 Å². The zero-order valence-corrected chi connectivity index (χ0v) is 13.2. The highest BCUT2D eigenvalue weighted by atomic mass is 19.1. The van der Waals surface area contributed by atoms with Gasteiger partial charge in [0.2, 0.25) is 5.91 Å². The number of benzene rings is 1. The molecule has 5 heteroatoms. The number of carbonyl (C=O) groups excluding carboxylic acids is 2. The number of aliphatic hydroxyl groups excluding tert-OH is 1. The van der Waals surface area contributed by atoms with Crippen molar-refractivity contribution in [3.05, 3.63) is 42.1 Å². The van der Waals surface area contributed by atoms with Gasteiger partial charge in [-0.2, -0.15) is 0 Å². The normalized spacial score (nSPS) is 22.0. The molecule has 2 unspecified atom stereocenters. The smallest absolute Gasteiger partial charge is 0.225 e. The molecule has 0 bridgehead atoms. The number of halogens is 1. The van der Waals surface area contributed by atoms with Crippen LogP contribution in [-0.2, 0) is 16.0 Å². The molecule has 1 N–H and O–H groups in total. The molecule has 4 nitrogen and oxygen atoms in total. The Bertz CT molecular complexity index is 518. The van der Waals surface area contributed by atoms with E-state index in [1.165, 1.54) is 12.1 Å². The first-order valence-corrected chi connectivity index (χ1v) is 8.09. The van der Waals surface area contributed by atoms with Crippen LogP contribution in [0.1, 0.15) is 37.7 Å². The average Bonchev–Trinajstić information content (AvgIpc) is 2.65. The summed E-state index contributed by atoms with van der Waals surface area (Å²) in [6.07, 6.45) is 5.20. The molecule has 0 aliphatic carbocycles. The van der Waals surface area contributed by atoms with Gasteiger partial charge in [0, 0.05) is 19.0 Å². The quantitative estimate of drug-likeness (QED) is 0.619. The Morgan fingerprint density at radius 3 is 2.70 bits per heavy atom. The van der Waals surface area contributed by atoms with Crippen molar-refractivity contribution in [1.29, 1.82) is 0 Å². The molecule has 125 valence electrons. The summed E-state index contributed by atoms with van der Waals surface area (Å²) in [7, 11) is 0. The monoisotopic (exact) mass is 320 g/mol. The zero-order valence-electron chi connectivity index (χ0n) is 13.2. The van der Waals surface area contributed by atoms with Gasteiger partial charge in [0.25, 0.3) is 0 Å². The molecular weight excluding hydrogens is 297 g/mol. The molecule has 2 rings (SSSR count). The van der Waals surface area contributed by atoms with Crippen LogP contribution in [0.5, 0.6) is 0 Å². The van der Waals surface area contributed by atoms with Gasteiger partial charge in [0.15, 0.2) is 0 Å². The number of hydrogen-bond donors (Lipinski definition) is 1.